The first-order valence-corrected chi connectivity index (χ1v) is 5.89. The molecule has 0 radical (unpaired) electrons. The van der Waals surface area contributed by atoms with Gasteiger partial charge in [0.25, 0.3) is 0 Å². The van der Waals surface area contributed by atoms with Gasteiger partial charge in [0.1, 0.15) is 5.82 Å². The standard InChI is InChI=1S/C11H16FNOS/c1-13(6-8-14)7-9-15-11-5-3-2-4-10(11)12/h2-5,14H,6-9H2,1H3. The monoisotopic (exact) mass is 229 g/mol. The van der Waals surface area contributed by atoms with Gasteiger partial charge >= 0.3 is 0 Å². The van der Waals surface area contributed by atoms with Crippen molar-refractivity contribution in [3.05, 3.63) is 30.1 Å². The third-order valence-electron chi connectivity index (χ3n) is 2.05. The first kappa shape index (κ1) is 12.5. The van der Waals surface area contributed by atoms with Gasteiger partial charge in [-0.2, -0.15) is 0 Å². The van der Waals surface area contributed by atoms with Gasteiger partial charge in [-0.25, -0.2) is 4.39 Å². The Labute approximate surface area is 94.1 Å². The fraction of sp³-hybridized carbons (Fsp3) is 0.455. The summed E-state index contributed by atoms with van der Waals surface area (Å²) in [6.07, 6.45) is 0. The van der Waals surface area contributed by atoms with E-state index in [1.165, 1.54) is 17.8 Å². The highest BCUT2D eigenvalue weighted by Crippen LogP contribution is 2.20. The van der Waals surface area contributed by atoms with Crippen molar-refractivity contribution in [3.8, 4) is 0 Å². The number of aliphatic hydroxyl groups is 1. The summed E-state index contributed by atoms with van der Waals surface area (Å²) in [5, 5.41) is 8.69. The quantitative estimate of drug-likeness (QED) is 0.753. The van der Waals surface area contributed by atoms with E-state index in [9.17, 15) is 4.39 Å². The van der Waals surface area contributed by atoms with Gasteiger partial charge in [-0.3, -0.25) is 0 Å². The van der Waals surface area contributed by atoms with E-state index in [2.05, 4.69) is 0 Å². The lowest BCUT2D eigenvalue weighted by molar-refractivity contribution is 0.228. The second-order valence-electron chi connectivity index (χ2n) is 3.31. The molecule has 0 aromatic heterocycles. The lowest BCUT2D eigenvalue weighted by atomic mass is 10.3. The molecular weight excluding hydrogens is 213 g/mol. The highest BCUT2D eigenvalue weighted by atomic mass is 32.2. The van der Waals surface area contributed by atoms with E-state index in [1.807, 2.05) is 18.0 Å². The number of likely N-dealkylation sites (N-methyl/N-ethyl adjacent to an activating group) is 1. The summed E-state index contributed by atoms with van der Waals surface area (Å²) in [5.41, 5.74) is 0. The van der Waals surface area contributed by atoms with Crippen LogP contribution in [-0.2, 0) is 0 Å². The zero-order valence-electron chi connectivity index (χ0n) is 8.82. The minimum absolute atomic E-state index is 0.160. The topological polar surface area (TPSA) is 23.5 Å². The molecule has 0 spiro atoms. The van der Waals surface area contributed by atoms with Crippen molar-refractivity contribution in [3.63, 3.8) is 0 Å². The molecule has 15 heavy (non-hydrogen) atoms. The molecule has 0 amide bonds. The highest BCUT2D eigenvalue weighted by molar-refractivity contribution is 7.99. The van der Waals surface area contributed by atoms with Gasteiger partial charge in [0.15, 0.2) is 0 Å². The summed E-state index contributed by atoms with van der Waals surface area (Å²) in [6.45, 7) is 1.68. The van der Waals surface area contributed by atoms with E-state index in [4.69, 9.17) is 5.11 Å². The van der Waals surface area contributed by atoms with Gasteiger partial charge in [0.05, 0.1) is 6.61 Å². The van der Waals surface area contributed by atoms with Crippen molar-refractivity contribution >= 4 is 11.8 Å². The van der Waals surface area contributed by atoms with E-state index >= 15 is 0 Å². The number of hydrogen-bond acceptors (Lipinski definition) is 3. The second kappa shape index (κ2) is 6.82. The minimum atomic E-state index is -0.160. The van der Waals surface area contributed by atoms with Gasteiger partial charge in [-0.05, 0) is 19.2 Å². The number of halogens is 1. The van der Waals surface area contributed by atoms with E-state index in [-0.39, 0.29) is 12.4 Å². The van der Waals surface area contributed by atoms with Crippen LogP contribution in [0, 0.1) is 5.82 Å². The van der Waals surface area contributed by atoms with Crippen molar-refractivity contribution in [1.82, 2.24) is 4.90 Å². The first-order chi connectivity index (χ1) is 7.24. The average molecular weight is 229 g/mol. The summed E-state index contributed by atoms with van der Waals surface area (Å²) in [4.78, 5) is 2.71. The van der Waals surface area contributed by atoms with Crippen molar-refractivity contribution in [2.75, 3.05) is 32.5 Å². The molecule has 0 saturated carbocycles. The zero-order chi connectivity index (χ0) is 11.1. The van der Waals surface area contributed by atoms with Crippen LogP contribution in [0.3, 0.4) is 0 Å². The third kappa shape index (κ3) is 4.64. The number of benzene rings is 1. The SMILES string of the molecule is CN(CCO)CCSc1ccccc1F. The Balaban J connectivity index is 2.29. The molecule has 0 bridgehead atoms. The van der Waals surface area contributed by atoms with Crippen LogP contribution in [0.5, 0.6) is 0 Å². The van der Waals surface area contributed by atoms with Crippen LogP contribution in [-0.4, -0.2) is 42.5 Å². The highest BCUT2D eigenvalue weighted by Gasteiger charge is 2.02. The lowest BCUT2D eigenvalue weighted by Gasteiger charge is -2.14. The molecule has 1 aromatic rings. The van der Waals surface area contributed by atoms with Gasteiger partial charge in [-0.15, -0.1) is 11.8 Å². The number of rotatable bonds is 6. The van der Waals surface area contributed by atoms with Crippen LogP contribution in [0.15, 0.2) is 29.2 Å². The van der Waals surface area contributed by atoms with Crippen molar-refractivity contribution in [1.29, 1.82) is 0 Å². The lowest BCUT2D eigenvalue weighted by Crippen LogP contribution is -2.24. The predicted octanol–water partition coefficient (Wildman–Crippen LogP) is 1.84. The van der Waals surface area contributed by atoms with E-state index in [1.54, 1.807) is 12.1 Å². The smallest absolute Gasteiger partial charge is 0.136 e. The molecule has 0 atom stereocenters. The number of hydrogen-bond donors (Lipinski definition) is 1. The maximum Gasteiger partial charge on any atom is 0.136 e. The van der Waals surface area contributed by atoms with Crippen LogP contribution < -0.4 is 0 Å². The van der Waals surface area contributed by atoms with Crippen molar-refractivity contribution in [2.24, 2.45) is 0 Å². The number of nitrogens with zero attached hydrogens (tertiary/aromatic N) is 1. The average Bonchev–Trinajstić information content (AvgIpc) is 2.21. The van der Waals surface area contributed by atoms with Gasteiger partial charge in [0, 0.05) is 23.7 Å². The molecular formula is C11H16FNOS. The van der Waals surface area contributed by atoms with Crippen LogP contribution in [0.1, 0.15) is 0 Å². The largest absolute Gasteiger partial charge is 0.395 e. The van der Waals surface area contributed by atoms with E-state index < -0.39 is 0 Å². The van der Waals surface area contributed by atoms with Crippen molar-refractivity contribution in [2.45, 2.75) is 4.90 Å². The maximum absolute atomic E-state index is 13.2. The number of thioether (sulfide) groups is 1. The maximum atomic E-state index is 13.2. The summed E-state index contributed by atoms with van der Waals surface area (Å²) in [6, 6.07) is 6.78. The summed E-state index contributed by atoms with van der Waals surface area (Å²) < 4.78 is 13.2. The molecule has 4 heteroatoms. The Morgan fingerprint density at radius 3 is 2.73 bits per heavy atom. The molecule has 1 rings (SSSR count). The summed E-state index contributed by atoms with van der Waals surface area (Å²) in [7, 11) is 1.94. The molecule has 2 nitrogen and oxygen atoms in total. The Kier molecular flexibility index (Phi) is 5.68. The molecule has 0 saturated heterocycles. The second-order valence-corrected chi connectivity index (χ2v) is 4.44. The minimum Gasteiger partial charge on any atom is -0.395 e. The molecule has 0 aliphatic heterocycles. The molecule has 1 aromatic carbocycles. The molecule has 0 fully saturated rings. The van der Waals surface area contributed by atoms with Crippen LogP contribution in [0.25, 0.3) is 0 Å². The molecule has 0 unspecified atom stereocenters. The van der Waals surface area contributed by atoms with E-state index in [0.29, 0.717) is 11.4 Å². The van der Waals surface area contributed by atoms with Crippen LogP contribution in [0.4, 0.5) is 4.39 Å². The molecule has 0 heterocycles. The molecule has 1 N–H and O–H groups in total. The molecule has 0 aliphatic rings. The van der Waals surface area contributed by atoms with E-state index in [0.717, 1.165) is 12.3 Å². The van der Waals surface area contributed by atoms with Crippen molar-refractivity contribution < 1.29 is 9.50 Å². The summed E-state index contributed by atoms with van der Waals surface area (Å²) >= 11 is 1.50. The molecule has 84 valence electrons. The van der Waals surface area contributed by atoms with Crippen LogP contribution in [0.2, 0.25) is 0 Å². The Morgan fingerprint density at radius 2 is 2.07 bits per heavy atom. The number of aliphatic hydroxyl groups excluding tert-OH is 1. The van der Waals surface area contributed by atoms with Gasteiger partial charge in [0.2, 0.25) is 0 Å². The fourth-order valence-electron chi connectivity index (χ4n) is 1.16. The van der Waals surface area contributed by atoms with Gasteiger partial charge < -0.3 is 10.0 Å². The summed E-state index contributed by atoms with van der Waals surface area (Å²) in [5.74, 6) is 0.671. The predicted molar refractivity (Wildman–Crippen MR) is 61.7 cm³/mol. The van der Waals surface area contributed by atoms with Crippen LogP contribution >= 0.6 is 11.8 Å². The first-order valence-electron chi connectivity index (χ1n) is 4.91. The Bertz CT molecular complexity index is 296. The Hall–Kier alpha value is -0.580. The van der Waals surface area contributed by atoms with Gasteiger partial charge in [-0.1, -0.05) is 12.1 Å². The molecule has 0 aliphatic carbocycles. The zero-order valence-corrected chi connectivity index (χ0v) is 9.63. The normalized spacial score (nSPS) is 10.9. The third-order valence-corrected chi connectivity index (χ3v) is 3.08. The Morgan fingerprint density at radius 1 is 1.33 bits per heavy atom. The fourth-order valence-corrected chi connectivity index (χ4v) is 2.16.